The number of nitrogens with one attached hydrogen (secondary N) is 1. The molecule has 2 heteroatoms. The van der Waals surface area contributed by atoms with E-state index in [1.54, 1.807) is 5.70 Å². The summed E-state index contributed by atoms with van der Waals surface area (Å²) in [5.41, 5.74) is 1.57. The molecule has 0 aromatic rings. The highest BCUT2D eigenvalue weighted by atomic mass is 15.4. The van der Waals surface area contributed by atoms with Gasteiger partial charge in [0, 0.05) is 37.6 Å². The fourth-order valence-corrected chi connectivity index (χ4v) is 3.13. The normalized spacial score (nSPS) is 41.8. The van der Waals surface area contributed by atoms with Gasteiger partial charge in [0.05, 0.1) is 19.6 Å². The van der Waals surface area contributed by atoms with Crippen molar-refractivity contribution in [3.05, 3.63) is 24.0 Å². The average Bonchev–Trinajstić information content (AvgIpc) is 2.80. The molecule has 3 aliphatic heterocycles. The Labute approximate surface area is 79.5 Å². The van der Waals surface area contributed by atoms with Crippen LogP contribution in [-0.4, -0.2) is 30.7 Å². The highest BCUT2D eigenvalue weighted by Crippen LogP contribution is 2.39. The lowest BCUT2D eigenvalue weighted by Crippen LogP contribution is -2.42. The van der Waals surface area contributed by atoms with Crippen molar-refractivity contribution in [2.75, 3.05) is 26.2 Å². The second-order valence-corrected chi connectivity index (χ2v) is 4.59. The van der Waals surface area contributed by atoms with Gasteiger partial charge in [0.25, 0.3) is 0 Å². The molecule has 0 aliphatic carbocycles. The first kappa shape index (κ1) is 7.63. The molecule has 1 N–H and O–H groups in total. The lowest BCUT2D eigenvalue weighted by atomic mass is 10.1. The summed E-state index contributed by atoms with van der Waals surface area (Å²) in [7, 11) is 0. The van der Waals surface area contributed by atoms with Crippen LogP contribution in [0, 0.1) is 5.92 Å². The molecule has 2 fully saturated rings. The molecule has 0 unspecified atom stereocenters. The number of rotatable bonds is 1. The highest BCUT2D eigenvalue weighted by molar-refractivity contribution is 5.17. The Hall–Kier alpha value is -0.760. The van der Waals surface area contributed by atoms with Crippen molar-refractivity contribution in [1.82, 2.24) is 5.32 Å². The summed E-state index contributed by atoms with van der Waals surface area (Å²) in [4.78, 5) is 0. The number of nitrogens with zero attached hydrogens (tertiary/aromatic N) is 1. The van der Waals surface area contributed by atoms with Gasteiger partial charge in [-0.1, -0.05) is 0 Å². The van der Waals surface area contributed by atoms with Crippen LogP contribution in [0.4, 0.5) is 0 Å². The van der Waals surface area contributed by atoms with Gasteiger partial charge in [-0.15, -0.1) is 0 Å². The zero-order valence-corrected chi connectivity index (χ0v) is 8.00. The maximum Gasteiger partial charge on any atom is 0.132 e. The molecule has 3 aliphatic rings. The largest absolute Gasteiger partial charge is 0.387 e. The average molecular weight is 177 g/mol. The van der Waals surface area contributed by atoms with Gasteiger partial charge in [0.2, 0.25) is 0 Å². The Kier molecular flexibility index (Phi) is 1.53. The van der Waals surface area contributed by atoms with Crippen molar-refractivity contribution >= 4 is 0 Å². The van der Waals surface area contributed by atoms with Crippen LogP contribution in [0.25, 0.3) is 0 Å². The predicted octanol–water partition coefficient (Wildman–Crippen LogP) is 1.23. The summed E-state index contributed by atoms with van der Waals surface area (Å²) in [5, 5.41) is 3.23. The summed E-state index contributed by atoms with van der Waals surface area (Å²) in [6, 6.07) is 0. The molecule has 2 nitrogen and oxygen atoms in total. The summed E-state index contributed by atoms with van der Waals surface area (Å²) in [6.07, 6.45) is 9.66. The van der Waals surface area contributed by atoms with E-state index in [9.17, 15) is 0 Å². The van der Waals surface area contributed by atoms with E-state index in [4.69, 9.17) is 0 Å². The number of hydrogen-bond acceptors (Lipinski definition) is 1. The van der Waals surface area contributed by atoms with Crippen molar-refractivity contribution < 1.29 is 4.48 Å². The van der Waals surface area contributed by atoms with Crippen molar-refractivity contribution in [3.63, 3.8) is 0 Å². The molecule has 13 heavy (non-hydrogen) atoms. The van der Waals surface area contributed by atoms with Crippen molar-refractivity contribution in [2.45, 2.75) is 12.8 Å². The third-order valence-corrected chi connectivity index (χ3v) is 3.89. The smallest absolute Gasteiger partial charge is 0.132 e. The molecular formula is C11H17N2+. The van der Waals surface area contributed by atoms with Gasteiger partial charge in [0.1, 0.15) is 5.70 Å². The fraction of sp³-hybridized carbons (Fsp3) is 0.636. The molecule has 2 saturated heterocycles. The summed E-state index contributed by atoms with van der Waals surface area (Å²) in [6.45, 7) is 5.22. The number of piperidine rings is 1. The quantitative estimate of drug-likeness (QED) is 0.594. The molecule has 0 amide bonds. The SMILES string of the molecule is C1=CC([N+]23CCC(CC2)C3)=CCN1. The molecule has 0 spiro atoms. The number of allylic oxidation sites excluding steroid dienone is 1. The van der Waals surface area contributed by atoms with E-state index in [0.717, 1.165) is 12.5 Å². The van der Waals surface area contributed by atoms with E-state index in [-0.39, 0.29) is 0 Å². The Bertz CT molecular complexity index is 270. The van der Waals surface area contributed by atoms with E-state index >= 15 is 0 Å². The highest BCUT2D eigenvalue weighted by Gasteiger charge is 2.46. The van der Waals surface area contributed by atoms with E-state index in [2.05, 4.69) is 23.7 Å². The standard InChI is InChI=1S/C11H17N2/c1-5-12-6-2-11(1)13-7-3-10(9-13)4-8-13/h1-2,5,10,12H,3-4,6-9H2/q+1. The molecule has 3 rings (SSSR count). The Balaban J connectivity index is 1.91. The molecule has 0 atom stereocenters. The van der Waals surface area contributed by atoms with Crippen LogP contribution in [-0.2, 0) is 0 Å². The first-order chi connectivity index (χ1) is 6.39. The summed E-state index contributed by atoms with van der Waals surface area (Å²) >= 11 is 0. The molecule has 0 aromatic carbocycles. The molecular weight excluding hydrogens is 160 g/mol. The molecule has 70 valence electrons. The molecule has 0 aromatic heterocycles. The van der Waals surface area contributed by atoms with E-state index in [0.29, 0.717) is 0 Å². The molecule has 0 saturated carbocycles. The topological polar surface area (TPSA) is 12.0 Å². The predicted molar refractivity (Wildman–Crippen MR) is 52.8 cm³/mol. The van der Waals surface area contributed by atoms with E-state index < -0.39 is 0 Å². The Morgan fingerprint density at radius 2 is 2.15 bits per heavy atom. The van der Waals surface area contributed by atoms with Crippen LogP contribution >= 0.6 is 0 Å². The summed E-state index contributed by atoms with van der Waals surface area (Å²) < 4.78 is 1.29. The first-order valence-corrected chi connectivity index (χ1v) is 5.36. The minimum absolute atomic E-state index is 1.02. The summed E-state index contributed by atoms with van der Waals surface area (Å²) in [5.74, 6) is 1.03. The van der Waals surface area contributed by atoms with Gasteiger partial charge in [0.15, 0.2) is 0 Å². The zero-order valence-electron chi connectivity index (χ0n) is 8.00. The van der Waals surface area contributed by atoms with Gasteiger partial charge < -0.3 is 5.32 Å². The zero-order chi connectivity index (χ0) is 8.73. The molecule has 0 radical (unpaired) electrons. The maximum atomic E-state index is 3.23. The lowest BCUT2D eigenvalue weighted by molar-refractivity contribution is -0.869. The first-order valence-electron chi connectivity index (χ1n) is 5.36. The third-order valence-electron chi connectivity index (χ3n) is 3.89. The van der Waals surface area contributed by atoms with Gasteiger partial charge in [-0.3, -0.25) is 4.48 Å². The van der Waals surface area contributed by atoms with Gasteiger partial charge in [-0.2, -0.15) is 0 Å². The van der Waals surface area contributed by atoms with E-state index in [1.165, 1.54) is 37.0 Å². The monoisotopic (exact) mass is 177 g/mol. The number of fused-ring (bicyclic) bond motifs is 2. The minimum Gasteiger partial charge on any atom is -0.387 e. The number of quaternary nitrogens is 1. The van der Waals surface area contributed by atoms with Gasteiger partial charge in [-0.25, -0.2) is 0 Å². The Morgan fingerprint density at radius 1 is 1.31 bits per heavy atom. The van der Waals surface area contributed by atoms with Crippen LogP contribution in [0.2, 0.25) is 0 Å². The van der Waals surface area contributed by atoms with Crippen LogP contribution in [0.3, 0.4) is 0 Å². The van der Waals surface area contributed by atoms with Gasteiger partial charge >= 0.3 is 0 Å². The van der Waals surface area contributed by atoms with Crippen LogP contribution in [0.1, 0.15) is 12.8 Å². The van der Waals surface area contributed by atoms with Crippen LogP contribution in [0.15, 0.2) is 24.0 Å². The van der Waals surface area contributed by atoms with Crippen LogP contribution < -0.4 is 5.32 Å². The van der Waals surface area contributed by atoms with Crippen molar-refractivity contribution in [1.29, 1.82) is 0 Å². The van der Waals surface area contributed by atoms with E-state index in [1.807, 2.05) is 0 Å². The third kappa shape index (κ3) is 1.05. The number of hydrogen-bond donors (Lipinski definition) is 1. The van der Waals surface area contributed by atoms with Crippen LogP contribution in [0.5, 0.6) is 0 Å². The second kappa shape index (κ2) is 2.61. The fourth-order valence-electron chi connectivity index (χ4n) is 3.13. The lowest BCUT2D eigenvalue weighted by Gasteiger charge is -2.33. The minimum atomic E-state index is 1.02. The van der Waals surface area contributed by atoms with Crippen molar-refractivity contribution in [3.8, 4) is 0 Å². The van der Waals surface area contributed by atoms with Crippen molar-refractivity contribution in [2.24, 2.45) is 5.92 Å². The molecule has 3 heterocycles. The number of dihydropyridines is 1. The van der Waals surface area contributed by atoms with Gasteiger partial charge in [-0.05, 0) is 6.08 Å². The maximum absolute atomic E-state index is 3.23. The molecule has 2 bridgehead atoms. The second-order valence-electron chi connectivity index (χ2n) is 4.59. The Morgan fingerprint density at radius 3 is 2.69 bits per heavy atom.